The highest BCUT2D eigenvalue weighted by Crippen LogP contribution is 2.22. The minimum atomic E-state index is -0.573. The van der Waals surface area contributed by atoms with Crippen molar-refractivity contribution < 1.29 is 9.72 Å². The van der Waals surface area contributed by atoms with Crippen molar-refractivity contribution in [2.24, 2.45) is 0 Å². The van der Waals surface area contributed by atoms with E-state index in [1.54, 1.807) is 11.7 Å². The highest BCUT2D eigenvalue weighted by atomic mass is 35.5. The molecule has 1 aromatic heterocycles. The van der Waals surface area contributed by atoms with Crippen LogP contribution in [0, 0.1) is 10.1 Å². The first-order chi connectivity index (χ1) is 9.08. The molecular formula is C11H8ClN3O3S. The van der Waals surface area contributed by atoms with Crippen LogP contribution in [0.2, 0.25) is 5.02 Å². The molecule has 2 rings (SSSR count). The lowest BCUT2D eigenvalue weighted by Gasteiger charge is -2.05. The molecule has 1 heterocycles. The highest BCUT2D eigenvalue weighted by Gasteiger charge is 2.15. The molecule has 0 bridgehead atoms. The molecule has 8 heteroatoms. The van der Waals surface area contributed by atoms with E-state index in [-0.39, 0.29) is 16.3 Å². The second kappa shape index (κ2) is 5.77. The van der Waals surface area contributed by atoms with Gasteiger partial charge in [0.25, 0.3) is 11.6 Å². The first kappa shape index (κ1) is 13.4. The summed E-state index contributed by atoms with van der Waals surface area (Å²) in [6, 6.07) is 3.74. The number of halogens is 1. The molecule has 19 heavy (non-hydrogen) atoms. The summed E-state index contributed by atoms with van der Waals surface area (Å²) in [6.45, 7) is 0.308. The summed E-state index contributed by atoms with van der Waals surface area (Å²) >= 11 is 7.27. The van der Waals surface area contributed by atoms with E-state index >= 15 is 0 Å². The predicted molar refractivity (Wildman–Crippen MR) is 71.4 cm³/mol. The predicted octanol–water partition coefficient (Wildman–Crippen LogP) is 2.63. The van der Waals surface area contributed by atoms with Crippen molar-refractivity contribution in [3.05, 3.63) is 55.5 Å². The normalized spacial score (nSPS) is 10.2. The maximum atomic E-state index is 11.9. The number of nitro benzene ring substituents is 1. The number of nitrogens with zero attached hydrogens (tertiary/aromatic N) is 2. The van der Waals surface area contributed by atoms with Crippen molar-refractivity contribution in [3.8, 4) is 0 Å². The fourth-order valence-corrected chi connectivity index (χ4v) is 2.13. The fourth-order valence-electron chi connectivity index (χ4n) is 1.39. The van der Waals surface area contributed by atoms with Gasteiger partial charge >= 0.3 is 0 Å². The number of aromatic nitrogens is 1. The van der Waals surface area contributed by atoms with Crippen molar-refractivity contribution in [1.29, 1.82) is 0 Å². The molecule has 0 atom stereocenters. The van der Waals surface area contributed by atoms with Gasteiger partial charge in [0.1, 0.15) is 0 Å². The van der Waals surface area contributed by atoms with E-state index in [9.17, 15) is 14.9 Å². The maximum Gasteiger partial charge on any atom is 0.270 e. The largest absolute Gasteiger partial charge is 0.347 e. The van der Waals surface area contributed by atoms with E-state index in [0.717, 1.165) is 10.9 Å². The first-order valence-corrected chi connectivity index (χ1v) is 6.43. The molecule has 2 aromatic rings. The van der Waals surface area contributed by atoms with Crippen molar-refractivity contribution >= 4 is 34.5 Å². The lowest BCUT2D eigenvalue weighted by atomic mass is 10.2. The number of thiazole rings is 1. The Hall–Kier alpha value is -1.99. The molecule has 0 aliphatic rings. The molecule has 0 unspecified atom stereocenters. The lowest BCUT2D eigenvalue weighted by molar-refractivity contribution is -0.384. The van der Waals surface area contributed by atoms with E-state index in [1.807, 2.05) is 0 Å². The van der Waals surface area contributed by atoms with Crippen molar-refractivity contribution in [2.45, 2.75) is 6.54 Å². The Bertz CT molecular complexity index is 616. The average Bonchev–Trinajstić information content (AvgIpc) is 2.89. The Morgan fingerprint density at radius 2 is 2.32 bits per heavy atom. The number of amides is 1. The molecule has 0 fully saturated rings. The number of hydrogen-bond donors (Lipinski definition) is 1. The topological polar surface area (TPSA) is 85.1 Å². The number of nitrogens with one attached hydrogen (secondary N) is 1. The van der Waals surface area contributed by atoms with Gasteiger partial charge in [0.15, 0.2) is 0 Å². The van der Waals surface area contributed by atoms with Gasteiger partial charge in [-0.05, 0) is 6.07 Å². The Kier molecular flexibility index (Phi) is 4.08. The van der Waals surface area contributed by atoms with Crippen LogP contribution in [0.15, 0.2) is 29.9 Å². The second-order valence-corrected chi connectivity index (χ2v) is 4.95. The smallest absolute Gasteiger partial charge is 0.270 e. The van der Waals surface area contributed by atoms with Gasteiger partial charge in [-0.1, -0.05) is 11.6 Å². The molecule has 0 aliphatic heterocycles. The standard InChI is InChI=1S/C11H8ClN3O3S/c12-10-2-1-7(15(17)18)3-9(10)11(16)14-5-8-4-13-6-19-8/h1-4,6H,5H2,(H,14,16). The zero-order chi connectivity index (χ0) is 13.8. The van der Waals surface area contributed by atoms with E-state index in [2.05, 4.69) is 10.3 Å². The van der Waals surface area contributed by atoms with Crippen molar-refractivity contribution in [2.75, 3.05) is 0 Å². The monoisotopic (exact) mass is 297 g/mol. The molecule has 6 nitrogen and oxygen atoms in total. The number of carbonyl (C=O) groups is 1. The van der Waals surface area contributed by atoms with Gasteiger partial charge in [-0.15, -0.1) is 11.3 Å². The summed E-state index contributed by atoms with van der Waals surface area (Å²) in [4.78, 5) is 26.7. The highest BCUT2D eigenvalue weighted by molar-refractivity contribution is 7.09. The molecule has 1 amide bonds. The van der Waals surface area contributed by atoms with Gasteiger partial charge in [-0.3, -0.25) is 19.9 Å². The molecular weight excluding hydrogens is 290 g/mol. The van der Waals surface area contributed by atoms with Crippen LogP contribution >= 0.6 is 22.9 Å². The summed E-state index contributed by atoms with van der Waals surface area (Å²) < 4.78 is 0. The van der Waals surface area contributed by atoms with E-state index in [1.165, 1.54) is 23.5 Å². The van der Waals surface area contributed by atoms with Crippen LogP contribution in [0.4, 0.5) is 5.69 Å². The number of nitro groups is 1. The summed E-state index contributed by atoms with van der Waals surface area (Å²) in [5, 5.41) is 13.5. The van der Waals surface area contributed by atoms with Gasteiger partial charge in [0.05, 0.1) is 27.6 Å². The average molecular weight is 298 g/mol. The van der Waals surface area contributed by atoms with Crippen molar-refractivity contribution in [3.63, 3.8) is 0 Å². The van der Waals surface area contributed by atoms with Gasteiger partial charge in [-0.2, -0.15) is 0 Å². The van der Waals surface area contributed by atoms with Crippen LogP contribution in [-0.4, -0.2) is 15.8 Å². The van der Waals surface area contributed by atoms with Crippen LogP contribution in [0.1, 0.15) is 15.2 Å². The van der Waals surface area contributed by atoms with Gasteiger partial charge in [-0.25, -0.2) is 0 Å². The molecule has 98 valence electrons. The number of hydrogen-bond acceptors (Lipinski definition) is 5. The van der Waals surface area contributed by atoms with Crippen LogP contribution in [0.5, 0.6) is 0 Å². The minimum Gasteiger partial charge on any atom is -0.347 e. The summed E-state index contributed by atoms with van der Waals surface area (Å²) in [5.41, 5.74) is 1.56. The Morgan fingerprint density at radius 1 is 1.53 bits per heavy atom. The molecule has 1 aromatic carbocycles. The van der Waals surface area contributed by atoms with Gasteiger partial charge in [0, 0.05) is 23.2 Å². The third kappa shape index (κ3) is 3.27. The summed E-state index contributed by atoms with van der Waals surface area (Å²) in [7, 11) is 0. The summed E-state index contributed by atoms with van der Waals surface area (Å²) in [5.74, 6) is -0.456. The van der Waals surface area contributed by atoms with E-state index in [4.69, 9.17) is 11.6 Å². The quantitative estimate of drug-likeness (QED) is 0.694. The molecule has 0 saturated heterocycles. The zero-order valence-corrected chi connectivity index (χ0v) is 11.1. The fraction of sp³-hybridized carbons (Fsp3) is 0.0909. The molecule has 0 spiro atoms. The maximum absolute atomic E-state index is 11.9. The Morgan fingerprint density at radius 3 is 2.95 bits per heavy atom. The van der Waals surface area contributed by atoms with Crippen LogP contribution in [-0.2, 0) is 6.54 Å². The lowest BCUT2D eigenvalue weighted by Crippen LogP contribution is -2.22. The third-order valence-electron chi connectivity index (χ3n) is 2.31. The van der Waals surface area contributed by atoms with Gasteiger partial charge < -0.3 is 5.32 Å². The van der Waals surface area contributed by atoms with Crippen LogP contribution < -0.4 is 5.32 Å². The number of carbonyl (C=O) groups excluding carboxylic acids is 1. The third-order valence-corrected chi connectivity index (χ3v) is 3.42. The van der Waals surface area contributed by atoms with Crippen LogP contribution in [0.25, 0.3) is 0 Å². The SMILES string of the molecule is O=C(NCc1cncs1)c1cc([N+](=O)[O-])ccc1Cl. The van der Waals surface area contributed by atoms with E-state index in [0.29, 0.717) is 6.54 Å². The van der Waals surface area contributed by atoms with E-state index < -0.39 is 10.8 Å². The molecule has 0 saturated carbocycles. The Balaban J connectivity index is 2.14. The van der Waals surface area contributed by atoms with Gasteiger partial charge in [0.2, 0.25) is 0 Å². The molecule has 0 radical (unpaired) electrons. The number of non-ortho nitro benzene ring substituents is 1. The minimum absolute atomic E-state index is 0.0837. The van der Waals surface area contributed by atoms with Crippen LogP contribution in [0.3, 0.4) is 0 Å². The molecule has 1 N–H and O–H groups in total. The van der Waals surface area contributed by atoms with Crippen molar-refractivity contribution in [1.82, 2.24) is 10.3 Å². The summed E-state index contributed by atoms with van der Waals surface area (Å²) in [6.07, 6.45) is 1.64. The second-order valence-electron chi connectivity index (χ2n) is 3.57. The number of rotatable bonds is 4. The number of benzene rings is 1. The Labute approximate surface area is 117 Å². The first-order valence-electron chi connectivity index (χ1n) is 5.17. The molecule has 0 aliphatic carbocycles. The zero-order valence-electron chi connectivity index (χ0n) is 9.50.